The van der Waals surface area contributed by atoms with E-state index in [2.05, 4.69) is 20.8 Å². The van der Waals surface area contributed by atoms with Gasteiger partial charge in [-0.3, -0.25) is 4.79 Å². The fraction of sp³-hybridized carbons (Fsp3) is 0.533. The summed E-state index contributed by atoms with van der Waals surface area (Å²) < 4.78 is 22.4. The number of nitrogens with zero attached hydrogens (tertiary/aromatic N) is 1. The van der Waals surface area contributed by atoms with Crippen LogP contribution in [0.2, 0.25) is 0 Å². The molecule has 0 N–H and O–H groups in total. The van der Waals surface area contributed by atoms with Gasteiger partial charge in [-0.25, -0.2) is 8.42 Å². The molecule has 1 amide bonds. The molecule has 0 aromatic heterocycles. The lowest BCUT2D eigenvalue weighted by Gasteiger charge is -2.41. The minimum atomic E-state index is -3.75. The lowest BCUT2D eigenvalue weighted by atomic mass is 9.85. The van der Waals surface area contributed by atoms with Crippen LogP contribution in [0.3, 0.4) is 0 Å². The first-order valence-corrected chi connectivity index (χ1v) is 9.36. The SMILES string of the molecule is CC1CC(C)C(C)N(C(=O)c2ccc(S(=O)(=O)Cl)cc2)C1. The fourth-order valence-electron chi connectivity index (χ4n) is 2.91. The Kier molecular flexibility index (Phi) is 4.63. The van der Waals surface area contributed by atoms with Gasteiger partial charge in [-0.05, 0) is 49.4 Å². The van der Waals surface area contributed by atoms with E-state index in [1.165, 1.54) is 24.3 Å². The van der Waals surface area contributed by atoms with Gasteiger partial charge in [0.2, 0.25) is 0 Å². The van der Waals surface area contributed by atoms with Crippen LogP contribution in [0.1, 0.15) is 37.6 Å². The molecule has 21 heavy (non-hydrogen) atoms. The first-order valence-electron chi connectivity index (χ1n) is 7.06. The first-order chi connectivity index (χ1) is 9.70. The van der Waals surface area contributed by atoms with Crippen LogP contribution >= 0.6 is 10.7 Å². The van der Waals surface area contributed by atoms with Crippen molar-refractivity contribution >= 4 is 25.6 Å². The molecule has 0 radical (unpaired) electrons. The van der Waals surface area contributed by atoms with Crippen molar-refractivity contribution < 1.29 is 13.2 Å². The predicted molar refractivity (Wildman–Crippen MR) is 82.9 cm³/mol. The molecule has 1 aromatic rings. The average Bonchev–Trinajstić information content (AvgIpc) is 2.41. The van der Waals surface area contributed by atoms with Crippen LogP contribution in [-0.4, -0.2) is 31.8 Å². The van der Waals surface area contributed by atoms with Crippen molar-refractivity contribution in [3.8, 4) is 0 Å². The van der Waals surface area contributed by atoms with Crippen LogP contribution in [-0.2, 0) is 9.05 Å². The van der Waals surface area contributed by atoms with Gasteiger partial charge in [0.05, 0.1) is 4.90 Å². The number of halogens is 1. The normalized spacial score (nSPS) is 26.7. The van der Waals surface area contributed by atoms with Crippen molar-refractivity contribution in [2.75, 3.05) is 6.54 Å². The maximum absolute atomic E-state index is 12.6. The molecule has 4 nitrogen and oxygen atoms in total. The van der Waals surface area contributed by atoms with E-state index in [0.717, 1.165) is 13.0 Å². The Bertz CT molecular complexity index is 627. The van der Waals surface area contributed by atoms with Crippen molar-refractivity contribution in [1.82, 2.24) is 4.90 Å². The van der Waals surface area contributed by atoms with E-state index < -0.39 is 9.05 Å². The molecule has 0 bridgehead atoms. The van der Waals surface area contributed by atoms with Crippen LogP contribution in [0.4, 0.5) is 0 Å². The Labute approximate surface area is 130 Å². The number of likely N-dealkylation sites (tertiary alicyclic amines) is 1. The van der Waals surface area contributed by atoms with E-state index in [1.54, 1.807) is 0 Å². The molecule has 3 atom stereocenters. The molecule has 1 saturated heterocycles. The third kappa shape index (κ3) is 3.58. The summed E-state index contributed by atoms with van der Waals surface area (Å²) in [4.78, 5) is 14.5. The highest BCUT2D eigenvalue weighted by Gasteiger charge is 2.32. The van der Waals surface area contributed by atoms with E-state index in [1.807, 2.05) is 4.90 Å². The van der Waals surface area contributed by atoms with Crippen LogP contribution in [0.5, 0.6) is 0 Å². The number of piperidine rings is 1. The average molecular weight is 330 g/mol. The van der Waals surface area contributed by atoms with E-state index in [4.69, 9.17) is 10.7 Å². The molecule has 1 aromatic carbocycles. The minimum Gasteiger partial charge on any atom is -0.335 e. The number of rotatable bonds is 2. The zero-order valence-electron chi connectivity index (χ0n) is 12.4. The van der Waals surface area contributed by atoms with Gasteiger partial charge in [0.25, 0.3) is 15.0 Å². The zero-order chi connectivity index (χ0) is 15.8. The molecule has 3 unspecified atom stereocenters. The summed E-state index contributed by atoms with van der Waals surface area (Å²) in [5.74, 6) is 0.877. The maximum Gasteiger partial charge on any atom is 0.261 e. The smallest absolute Gasteiger partial charge is 0.261 e. The summed E-state index contributed by atoms with van der Waals surface area (Å²) in [6, 6.07) is 5.97. The van der Waals surface area contributed by atoms with Gasteiger partial charge in [0, 0.05) is 28.8 Å². The van der Waals surface area contributed by atoms with Crippen LogP contribution in [0.25, 0.3) is 0 Å². The summed E-state index contributed by atoms with van der Waals surface area (Å²) in [7, 11) is 1.53. The van der Waals surface area contributed by atoms with Crippen LogP contribution in [0, 0.1) is 11.8 Å². The third-order valence-electron chi connectivity index (χ3n) is 4.24. The van der Waals surface area contributed by atoms with Crippen LogP contribution in [0.15, 0.2) is 29.2 Å². The van der Waals surface area contributed by atoms with Gasteiger partial charge in [0.1, 0.15) is 0 Å². The van der Waals surface area contributed by atoms with E-state index >= 15 is 0 Å². The van der Waals surface area contributed by atoms with Crippen molar-refractivity contribution in [3.63, 3.8) is 0 Å². The topological polar surface area (TPSA) is 54.5 Å². The van der Waals surface area contributed by atoms with E-state index in [-0.39, 0.29) is 16.8 Å². The number of benzene rings is 1. The summed E-state index contributed by atoms with van der Waals surface area (Å²) in [6.07, 6.45) is 1.12. The highest BCUT2D eigenvalue weighted by molar-refractivity contribution is 8.13. The van der Waals surface area contributed by atoms with E-state index in [0.29, 0.717) is 17.4 Å². The van der Waals surface area contributed by atoms with Gasteiger partial charge < -0.3 is 4.90 Å². The lowest BCUT2D eigenvalue weighted by Crippen LogP contribution is -2.48. The largest absolute Gasteiger partial charge is 0.335 e. The summed E-state index contributed by atoms with van der Waals surface area (Å²) in [5.41, 5.74) is 0.493. The Morgan fingerprint density at radius 3 is 2.29 bits per heavy atom. The second-order valence-corrected chi connectivity index (χ2v) is 8.54. The standard InChI is InChI=1S/C15H20ClNO3S/c1-10-8-11(2)12(3)17(9-10)15(18)13-4-6-14(7-5-13)21(16,19)20/h4-7,10-12H,8-9H2,1-3H3. The highest BCUT2D eigenvalue weighted by atomic mass is 35.7. The Morgan fingerprint density at radius 2 is 1.76 bits per heavy atom. The molecular formula is C15H20ClNO3S. The molecule has 2 rings (SSSR count). The summed E-state index contributed by atoms with van der Waals surface area (Å²) in [5, 5.41) is 0. The molecule has 1 aliphatic rings. The van der Waals surface area contributed by atoms with Crippen molar-refractivity contribution in [1.29, 1.82) is 0 Å². The molecule has 0 spiro atoms. The molecular weight excluding hydrogens is 310 g/mol. The highest BCUT2D eigenvalue weighted by Crippen LogP contribution is 2.28. The molecule has 0 aliphatic carbocycles. The summed E-state index contributed by atoms with van der Waals surface area (Å²) >= 11 is 0. The minimum absolute atomic E-state index is 0.00847. The Hall–Kier alpha value is -1.07. The Balaban J connectivity index is 2.23. The first kappa shape index (κ1) is 16.3. The van der Waals surface area contributed by atoms with Crippen molar-refractivity contribution in [2.24, 2.45) is 11.8 Å². The molecule has 1 aliphatic heterocycles. The van der Waals surface area contributed by atoms with Gasteiger partial charge in [-0.1, -0.05) is 13.8 Å². The molecule has 6 heteroatoms. The van der Waals surface area contributed by atoms with Crippen molar-refractivity contribution in [3.05, 3.63) is 29.8 Å². The monoisotopic (exact) mass is 329 g/mol. The zero-order valence-corrected chi connectivity index (χ0v) is 14.0. The number of hydrogen-bond acceptors (Lipinski definition) is 3. The molecule has 0 saturated carbocycles. The second kappa shape index (κ2) is 5.97. The second-order valence-electron chi connectivity index (χ2n) is 5.98. The van der Waals surface area contributed by atoms with E-state index in [9.17, 15) is 13.2 Å². The fourth-order valence-corrected chi connectivity index (χ4v) is 3.68. The molecule has 1 heterocycles. The van der Waals surface area contributed by atoms with Gasteiger partial charge in [0.15, 0.2) is 0 Å². The maximum atomic E-state index is 12.6. The molecule has 1 fully saturated rings. The number of hydrogen-bond donors (Lipinski definition) is 0. The Morgan fingerprint density at radius 1 is 1.19 bits per heavy atom. The number of carbonyl (C=O) groups excluding carboxylic acids is 1. The third-order valence-corrected chi connectivity index (χ3v) is 5.61. The molecule has 116 valence electrons. The van der Waals surface area contributed by atoms with Crippen molar-refractivity contribution in [2.45, 2.75) is 38.1 Å². The summed E-state index contributed by atoms with van der Waals surface area (Å²) in [6.45, 7) is 7.10. The van der Waals surface area contributed by atoms with Gasteiger partial charge >= 0.3 is 0 Å². The van der Waals surface area contributed by atoms with Gasteiger partial charge in [-0.2, -0.15) is 0 Å². The van der Waals surface area contributed by atoms with Crippen LogP contribution < -0.4 is 0 Å². The number of carbonyl (C=O) groups is 1. The predicted octanol–water partition coefficient (Wildman–Crippen LogP) is 3.12. The number of amides is 1. The quantitative estimate of drug-likeness (QED) is 0.783. The lowest BCUT2D eigenvalue weighted by molar-refractivity contribution is 0.0455. The van der Waals surface area contributed by atoms with Gasteiger partial charge in [-0.15, -0.1) is 0 Å².